The number of hydrogen-bond donors (Lipinski definition) is 2. The first-order valence-corrected chi connectivity index (χ1v) is 4.47. The predicted molar refractivity (Wildman–Crippen MR) is 50.9 cm³/mol. The molecule has 0 fully saturated rings. The van der Waals surface area contributed by atoms with Crippen molar-refractivity contribution >= 4 is 11.6 Å². The molecule has 17 heavy (non-hydrogen) atoms. The molecule has 5 nitrogen and oxygen atoms in total. The summed E-state index contributed by atoms with van der Waals surface area (Å²) in [4.78, 5) is 11.4. The Morgan fingerprint density at radius 1 is 1.65 bits per heavy atom. The zero-order chi connectivity index (χ0) is 13.2. The average molecular weight is 254 g/mol. The summed E-state index contributed by atoms with van der Waals surface area (Å²) in [6.07, 6.45) is -2.69. The van der Waals surface area contributed by atoms with Gasteiger partial charge in [-0.1, -0.05) is 0 Å². The van der Waals surface area contributed by atoms with Crippen LogP contribution >= 0.6 is 0 Å². The van der Waals surface area contributed by atoms with Crippen LogP contribution < -0.4 is 11.1 Å². The standard InChI is InChI=1S/C8H10F4N4O/c1-16-5(4(13)2-15-16)6(17)14-3-8(11,12)7(9)10/h2,7H,3,13H2,1H3,(H,14,17). The fourth-order valence-electron chi connectivity index (χ4n) is 1.09. The summed E-state index contributed by atoms with van der Waals surface area (Å²) >= 11 is 0. The smallest absolute Gasteiger partial charge is 0.324 e. The first-order valence-electron chi connectivity index (χ1n) is 4.47. The molecular formula is C8H10F4N4O. The van der Waals surface area contributed by atoms with Crippen molar-refractivity contribution in [2.45, 2.75) is 12.3 Å². The zero-order valence-corrected chi connectivity index (χ0v) is 8.75. The van der Waals surface area contributed by atoms with Crippen LogP contribution in [0.5, 0.6) is 0 Å². The number of halogens is 4. The van der Waals surface area contributed by atoms with Crippen LogP contribution in [-0.2, 0) is 7.05 Å². The van der Waals surface area contributed by atoms with Gasteiger partial charge in [-0.2, -0.15) is 13.9 Å². The molecule has 0 spiro atoms. The second kappa shape index (κ2) is 4.60. The minimum atomic E-state index is -4.27. The van der Waals surface area contributed by atoms with E-state index in [1.807, 2.05) is 0 Å². The van der Waals surface area contributed by atoms with Crippen LogP contribution in [0.3, 0.4) is 0 Å². The monoisotopic (exact) mass is 254 g/mol. The van der Waals surface area contributed by atoms with E-state index >= 15 is 0 Å². The molecule has 0 atom stereocenters. The highest BCUT2D eigenvalue weighted by Gasteiger charge is 2.41. The highest BCUT2D eigenvalue weighted by Crippen LogP contribution is 2.21. The number of nitrogens with two attached hydrogens (primary N) is 1. The fourth-order valence-corrected chi connectivity index (χ4v) is 1.09. The van der Waals surface area contributed by atoms with Crippen molar-refractivity contribution in [3.63, 3.8) is 0 Å². The van der Waals surface area contributed by atoms with Crippen molar-refractivity contribution in [1.29, 1.82) is 0 Å². The van der Waals surface area contributed by atoms with E-state index in [2.05, 4.69) is 5.10 Å². The van der Waals surface area contributed by atoms with Crippen molar-refractivity contribution in [1.82, 2.24) is 15.1 Å². The van der Waals surface area contributed by atoms with Crippen LogP contribution in [-0.4, -0.2) is 34.6 Å². The highest BCUT2D eigenvalue weighted by atomic mass is 19.3. The molecule has 1 aromatic rings. The van der Waals surface area contributed by atoms with Crippen LogP contribution in [0.2, 0.25) is 0 Å². The number of hydrogen-bond acceptors (Lipinski definition) is 3. The molecule has 1 aromatic heterocycles. The summed E-state index contributed by atoms with van der Waals surface area (Å²) < 4.78 is 49.8. The van der Waals surface area contributed by atoms with Gasteiger partial charge in [0.05, 0.1) is 18.4 Å². The lowest BCUT2D eigenvalue weighted by atomic mass is 10.3. The van der Waals surface area contributed by atoms with Crippen molar-refractivity contribution in [3.8, 4) is 0 Å². The van der Waals surface area contributed by atoms with Gasteiger partial charge in [-0.25, -0.2) is 8.78 Å². The molecule has 1 rings (SSSR count). The Kier molecular flexibility index (Phi) is 3.59. The van der Waals surface area contributed by atoms with Crippen LogP contribution in [0.15, 0.2) is 6.20 Å². The number of carbonyl (C=O) groups excluding carboxylic acids is 1. The number of alkyl halides is 4. The van der Waals surface area contributed by atoms with Gasteiger partial charge < -0.3 is 11.1 Å². The van der Waals surface area contributed by atoms with Gasteiger partial charge in [0.15, 0.2) is 0 Å². The van der Waals surface area contributed by atoms with E-state index in [1.165, 1.54) is 7.05 Å². The molecule has 96 valence electrons. The molecule has 0 saturated carbocycles. The molecule has 0 saturated heterocycles. The first kappa shape index (κ1) is 13.3. The molecule has 0 aromatic carbocycles. The molecule has 9 heteroatoms. The van der Waals surface area contributed by atoms with Gasteiger partial charge in [-0.15, -0.1) is 0 Å². The topological polar surface area (TPSA) is 72.9 Å². The van der Waals surface area contributed by atoms with E-state index in [0.717, 1.165) is 10.9 Å². The molecule has 1 amide bonds. The summed E-state index contributed by atoms with van der Waals surface area (Å²) in [5, 5.41) is 5.29. The van der Waals surface area contributed by atoms with E-state index in [1.54, 1.807) is 5.32 Å². The number of nitrogens with zero attached hydrogens (tertiary/aromatic N) is 2. The van der Waals surface area contributed by atoms with Crippen LogP contribution in [0.25, 0.3) is 0 Å². The maximum Gasteiger partial charge on any atom is 0.324 e. The van der Waals surface area contributed by atoms with Gasteiger partial charge in [-0.05, 0) is 0 Å². The maximum atomic E-state index is 12.5. The summed E-state index contributed by atoms with van der Waals surface area (Å²) in [7, 11) is 1.37. The summed E-state index contributed by atoms with van der Waals surface area (Å²) in [5.74, 6) is -5.26. The molecule has 0 bridgehead atoms. The van der Waals surface area contributed by atoms with Crippen molar-refractivity contribution in [2.75, 3.05) is 12.3 Å². The summed E-state index contributed by atoms with van der Waals surface area (Å²) in [6.45, 7) is -1.46. The zero-order valence-electron chi connectivity index (χ0n) is 8.75. The molecule has 0 aliphatic rings. The molecule has 0 unspecified atom stereocenters. The predicted octanol–water partition coefficient (Wildman–Crippen LogP) is 0.633. The van der Waals surface area contributed by atoms with E-state index in [4.69, 9.17) is 5.73 Å². The van der Waals surface area contributed by atoms with E-state index in [9.17, 15) is 22.4 Å². The molecule has 1 heterocycles. The average Bonchev–Trinajstić information content (AvgIpc) is 2.55. The maximum absolute atomic E-state index is 12.5. The third-order valence-electron chi connectivity index (χ3n) is 1.99. The van der Waals surface area contributed by atoms with Crippen LogP contribution in [0.4, 0.5) is 23.2 Å². The Hall–Kier alpha value is -1.80. The number of carbonyl (C=O) groups is 1. The van der Waals surface area contributed by atoms with Gasteiger partial charge in [0.2, 0.25) is 0 Å². The molecule has 0 aliphatic carbocycles. The Morgan fingerprint density at radius 3 is 2.65 bits per heavy atom. The van der Waals surface area contributed by atoms with E-state index in [0.29, 0.717) is 0 Å². The summed E-state index contributed by atoms with van der Waals surface area (Å²) in [5.41, 5.74) is 5.18. The minimum absolute atomic E-state index is 0.0228. The second-order valence-electron chi connectivity index (χ2n) is 3.32. The lowest BCUT2D eigenvalue weighted by Crippen LogP contribution is -2.42. The first-order chi connectivity index (χ1) is 7.75. The fraction of sp³-hybridized carbons (Fsp3) is 0.500. The van der Waals surface area contributed by atoms with Crippen molar-refractivity contribution in [2.24, 2.45) is 7.05 Å². The Morgan fingerprint density at radius 2 is 2.24 bits per heavy atom. The third-order valence-corrected chi connectivity index (χ3v) is 1.99. The van der Waals surface area contributed by atoms with Crippen LogP contribution in [0.1, 0.15) is 10.5 Å². The quantitative estimate of drug-likeness (QED) is 0.774. The van der Waals surface area contributed by atoms with Gasteiger partial charge in [-0.3, -0.25) is 9.48 Å². The third kappa shape index (κ3) is 2.86. The number of nitrogens with one attached hydrogen (secondary N) is 1. The highest BCUT2D eigenvalue weighted by molar-refractivity contribution is 5.97. The lowest BCUT2D eigenvalue weighted by Gasteiger charge is -2.15. The molecule has 0 aliphatic heterocycles. The number of rotatable bonds is 4. The van der Waals surface area contributed by atoms with Crippen molar-refractivity contribution < 1.29 is 22.4 Å². The normalized spacial score (nSPS) is 11.9. The van der Waals surface area contributed by atoms with E-state index in [-0.39, 0.29) is 11.4 Å². The number of aromatic nitrogens is 2. The molecule has 3 N–H and O–H groups in total. The van der Waals surface area contributed by atoms with Gasteiger partial charge in [0.25, 0.3) is 5.91 Å². The summed E-state index contributed by atoms with van der Waals surface area (Å²) in [6, 6.07) is 0. The SMILES string of the molecule is Cn1ncc(N)c1C(=O)NCC(F)(F)C(F)F. The Balaban J connectivity index is 2.69. The van der Waals surface area contributed by atoms with Gasteiger partial charge in [0.1, 0.15) is 5.69 Å². The Labute approximate surface area is 93.6 Å². The van der Waals surface area contributed by atoms with Gasteiger partial charge in [0, 0.05) is 7.05 Å². The van der Waals surface area contributed by atoms with Crippen LogP contribution in [0, 0.1) is 0 Å². The van der Waals surface area contributed by atoms with E-state index < -0.39 is 24.8 Å². The molecular weight excluding hydrogens is 244 g/mol. The number of nitrogen functional groups attached to an aromatic ring is 1. The van der Waals surface area contributed by atoms with Crippen molar-refractivity contribution in [3.05, 3.63) is 11.9 Å². The van der Waals surface area contributed by atoms with Gasteiger partial charge >= 0.3 is 12.3 Å². The lowest BCUT2D eigenvalue weighted by molar-refractivity contribution is -0.123. The number of aryl methyl sites for hydroxylation is 1. The second-order valence-corrected chi connectivity index (χ2v) is 3.32. The Bertz CT molecular complexity index is 398. The number of amides is 1. The number of anilines is 1. The minimum Gasteiger partial charge on any atom is -0.396 e. The molecule has 0 radical (unpaired) electrons. The largest absolute Gasteiger partial charge is 0.396 e.